The maximum Gasteiger partial charge on any atom is 0.0380 e. The molecular weight excluding hydrogens is 208 g/mol. The zero-order valence-corrected chi connectivity index (χ0v) is 11.2. The first-order valence-corrected chi connectivity index (χ1v) is 6.64. The minimum absolute atomic E-state index is 0.205. The standard InChI is InChI=1S/C15H24N2/c1-15(2,3)13-6-4-5-7-14(13)17-12-8-10-16-11-9-12/h4-7,12,16-17H,8-11H2,1-3H3. The molecule has 0 bridgehead atoms. The highest BCUT2D eigenvalue weighted by Gasteiger charge is 2.19. The van der Waals surface area contributed by atoms with Gasteiger partial charge in [-0.05, 0) is 43.0 Å². The summed E-state index contributed by atoms with van der Waals surface area (Å²) < 4.78 is 0. The minimum atomic E-state index is 0.205. The molecular formula is C15H24N2. The molecule has 17 heavy (non-hydrogen) atoms. The Hall–Kier alpha value is -1.02. The number of nitrogens with one attached hydrogen (secondary N) is 2. The van der Waals surface area contributed by atoms with Gasteiger partial charge in [0, 0.05) is 11.7 Å². The van der Waals surface area contributed by atoms with Crippen LogP contribution in [0.2, 0.25) is 0 Å². The highest BCUT2D eigenvalue weighted by atomic mass is 15.0. The SMILES string of the molecule is CC(C)(C)c1ccccc1NC1CCNCC1. The average Bonchev–Trinajstić information content (AvgIpc) is 2.30. The third-order valence-electron chi connectivity index (χ3n) is 3.43. The lowest BCUT2D eigenvalue weighted by atomic mass is 9.85. The second-order valence-electron chi connectivity index (χ2n) is 5.96. The van der Waals surface area contributed by atoms with Crippen molar-refractivity contribution in [2.24, 2.45) is 0 Å². The molecule has 0 aliphatic carbocycles. The van der Waals surface area contributed by atoms with Crippen LogP contribution in [0.3, 0.4) is 0 Å². The molecule has 2 N–H and O–H groups in total. The van der Waals surface area contributed by atoms with Crippen LogP contribution < -0.4 is 10.6 Å². The third-order valence-corrected chi connectivity index (χ3v) is 3.43. The molecule has 2 nitrogen and oxygen atoms in total. The highest BCUT2D eigenvalue weighted by molar-refractivity contribution is 5.54. The molecule has 1 saturated heterocycles. The normalized spacial score (nSPS) is 18.1. The molecule has 1 aromatic rings. The van der Waals surface area contributed by atoms with Gasteiger partial charge in [-0.3, -0.25) is 0 Å². The molecule has 1 heterocycles. The Kier molecular flexibility index (Phi) is 3.72. The van der Waals surface area contributed by atoms with E-state index in [4.69, 9.17) is 0 Å². The van der Waals surface area contributed by atoms with Gasteiger partial charge in [-0.25, -0.2) is 0 Å². The van der Waals surface area contributed by atoms with Gasteiger partial charge in [-0.2, -0.15) is 0 Å². The number of anilines is 1. The van der Waals surface area contributed by atoms with Crippen molar-refractivity contribution < 1.29 is 0 Å². The molecule has 1 fully saturated rings. The van der Waals surface area contributed by atoms with E-state index in [0.717, 1.165) is 13.1 Å². The van der Waals surface area contributed by atoms with Gasteiger partial charge in [-0.15, -0.1) is 0 Å². The van der Waals surface area contributed by atoms with Crippen LogP contribution in [0.1, 0.15) is 39.2 Å². The van der Waals surface area contributed by atoms with Crippen LogP contribution in [0, 0.1) is 0 Å². The first-order chi connectivity index (χ1) is 8.07. The maximum atomic E-state index is 3.72. The second kappa shape index (κ2) is 5.09. The summed E-state index contributed by atoms with van der Waals surface area (Å²) in [5, 5.41) is 7.12. The van der Waals surface area contributed by atoms with E-state index < -0.39 is 0 Å². The number of hydrogen-bond donors (Lipinski definition) is 2. The number of piperidine rings is 1. The van der Waals surface area contributed by atoms with Gasteiger partial charge in [0.15, 0.2) is 0 Å². The molecule has 0 saturated carbocycles. The van der Waals surface area contributed by atoms with Crippen LogP contribution in [0.25, 0.3) is 0 Å². The van der Waals surface area contributed by atoms with Crippen molar-refractivity contribution in [2.45, 2.75) is 45.1 Å². The largest absolute Gasteiger partial charge is 0.382 e. The molecule has 0 spiro atoms. The molecule has 0 amide bonds. The van der Waals surface area contributed by atoms with Crippen molar-refractivity contribution in [2.75, 3.05) is 18.4 Å². The number of hydrogen-bond acceptors (Lipinski definition) is 2. The fourth-order valence-corrected chi connectivity index (χ4v) is 2.45. The van der Waals surface area contributed by atoms with Gasteiger partial charge in [-0.1, -0.05) is 39.0 Å². The van der Waals surface area contributed by atoms with Gasteiger partial charge < -0.3 is 10.6 Å². The van der Waals surface area contributed by atoms with E-state index in [9.17, 15) is 0 Å². The van der Waals surface area contributed by atoms with Gasteiger partial charge in [0.25, 0.3) is 0 Å². The third kappa shape index (κ3) is 3.22. The quantitative estimate of drug-likeness (QED) is 0.818. The minimum Gasteiger partial charge on any atom is -0.382 e. The van der Waals surface area contributed by atoms with Crippen molar-refractivity contribution in [3.8, 4) is 0 Å². The van der Waals surface area contributed by atoms with E-state index in [1.54, 1.807) is 0 Å². The van der Waals surface area contributed by atoms with Crippen molar-refractivity contribution >= 4 is 5.69 Å². The Morgan fingerprint density at radius 1 is 1.12 bits per heavy atom. The molecule has 0 radical (unpaired) electrons. The number of para-hydroxylation sites is 1. The van der Waals surface area contributed by atoms with Gasteiger partial charge in [0.05, 0.1) is 0 Å². The summed E-state index contributed by atoms with van der Waals surface area (Å²) in [4.78, 5) is 0. The molecule has 1 aromatic carbocycles. The van der Waals surface area contributed by atoms with Crippen molar-refractivity contribution in [3.63, 3.8) is 0 Å². The van der Waals surface area contributed by atoms with E-state index in [1.807, 2.05) is 0 Å². The summed E-state index contributed by atoms with van der Waals surface area (Å²) in [7, 11) is 0. The smallest absolute Gasteiger partial charge is 0.0380 e. The van der Waals surface area contributed by atoms with Gasteiger partial charge in [0.1, 0.15) is 0 Å². The zero-order valence-electron chi connectivity index (χ0n) is 11.2. The highest BCUT2D eigenvalue weighted by Crippen LogP contribution is 2.30. The second-order valence-corrected chi connectivity index (χ2v) is 5.96. The molecule has 94 valence electrons. The number of benzene rings is 1. The van der Waals surface area contributed by atoms with Crippen LogP contribution in [-0.4, -0.2) is 19.1 Å². The first-order valence-electron chi connectivity index (χ1n) is 6.64. The predicted octanol–water partition coefficient (Wildman–Crippen LogP) is 3.15. The van der Waals surface area contributed by atoms with E-state index in [-0.39, 0.29) is 5.41 Å². The van der Waals surface area contributed by atoms with Crippen LogP contribution in [0.4, 0.5) is 5.69 Å². The Bertz CT molecular complexity index is 359. The van der Waals surface area contributed by atoms with Crippen molar-refractivity contribution in [1.82, 2.24) is 5.32 Å². The summed E-state index contributed by atoms with van der Waals surface area (Å²) in [6.07, 6.45) is 2.44. The Balaban J connectivity index is 2.14. The van der Waals surface area contributed by atoms with Crippen molar-refractivity contribution in [3.05, 3.63) is 29.8 Å². The molecule has 0 atom stereocenters. The van der Waals surface area contributed by atoms with Gasteiger partial charge >= 0.3 is 0 Å². The molecule has 0 aromatic heterocycles. The fourth-order valence-electron chi connectivity index (χ4n) is 2.45. The van der Waals surface area contributed by atoms with Crippen LogP contribution in [0.5, 0.6) is 0 Å². The maximum absolute atomic E-state index is 3.72. The molecule has 2 rings (SSSR count). The predicted molar refractivity (Wildman–Crippen MR) is 74.7 cm³/mol. The van der Waals surface area contributed by atoms with E-state index in [2.05, 4.69) is 55.7 Å². The molecule has 2 heteroatoms. The lowest BCUT2D eigenvalue weighted by Crippen LogP contribution is -2.35. The molecule has 1 aliphatic rings. The monoisotopic (exact) mass is 232 g/mol. The summed E-state index contributed by atoms with van der Waals surface area (Å²) >= 11 is 0. The fraction of sp³-hybridized carbons (Fsp3) is 0.600. The number of rotatable bonds is 2. The summed E-state index contributed by atoms with van der Waals surface area (Å²) in [5.41, 5.74) is 2.93. The van der Waals surface area contributed by atoms with Crippen LogP contribution in [-0.2, 0) is 5.41 Å². The topological polar surface area (TPSA) is 24.1 Å². The van der Waals surface area contributed by atoms with E-state index in [0.29, 0.717) is 6.04 Å². The van der Waals surface area contributed by atoms with Crippen LogP contribution >= 0.6 is 0 Å². The Morgan fingerprint density at radius 3 is 2.41 bits per heavy atom. The van der Waals surface area contributed by atoms with Crippen LogP contribution in [0.15, 0.2) is 24.3 Å². The lowest BCUT2D eigenvalue weighted by molar-refractivity contribution is 0.477. The summed E-state index contributed by atoms with van der Waals surface area (Å²) in [6.45, 7) is 9.09. The average molecular weight is 232 g/mol. The molecule has 0 unspecified atom stereocenters. The first kappa shape index (κ1) is 12.4. The Labute approximate surface area is 105 Å². The Morgan fingerprint density at radius 2 is 1.76 bits per heavy atom. The summed E-state index contributed by atoms with van der Waals surface area (Å²) in [5.74, 6) is 0. The van der Waals surface area contributed by atoms with Crippen molar-refractivity contribution in [1.29, 1.82) is 0 Å². The molecule has 1 aliphatic heterocycles. The zero-order chi connectivity index (χ0) is 12.3. The summed E-state index contributed by atoms with van der Waals surface area (Å²) in [6, 6.07) is 9.33. The van der Waals surface area contributed by atoms with Gasteiger partial charge in [0.2, 0.25) is 0 Å². The lowest BCUT2D eigenvalue weighted by Gasteiger charge is -2.29. The van der Waals surface area contributed by atoms with E-state index >= 15 is 0 Å². The van der Waals surface area contributed by atoms with E-state index in [1.165, 1.54) is 24.1 Å².